The molecule has 0 N–H and O–H groups in total. The first kappa shape index (κ1) is 22.4. The van der Waals surface area contributed by atoms with E-state index in [-0.39, 0.29) is 34.9 Å². The Balaban J connectivity index is 1.61. The number of amides is 1. The summed E-state index contributed by atoms with van der Waals surface area (Å²) in [6.45, 7) is 2.25. The molecule has 3 heterocycles. The van der Waals surface area contributed by atoms with Crippen molar-refractivity contribution in [1.82, 2.24) is 24.6 Å². The molecule has 1 aliphatic rings. The Morgan fingerprint density at radius 1 is 1.25 bits per heavy atom. The molecule has 1 saturated heterocycles. The van der Waals surface area contributed by atoms with Crippen molar-refractivity contribution in [1.29, 1.82) is 0 Å². The number of benzene rings is 1. The molecular weight excluding hydrogens is 453 g/mol. The van der Waals surface area contributed by atoms with Crippen LogP contribution in [0.3, 0.4) is 0 Å². The highest BCUT2D eigenvalue weighted by atomic mass is 32.2. The van der Waals surface area contributed by atoms with Gasteiger partial charge in [-0.15, -0.1) is 10.2 Å². The monoisotopic (exact) mass is 475 g/mol. The van der Waals surface area contributed by atoms with Crippen molar-refractivity contribution >= 4 is 27.5 Å². The van der Waals surface area contributed by atoms with E-state index in [1.165, 1.54) is 6.07 Å². The minimum atomic E-state index is -3.10. The fourth-order valence-corrected chi connectivity index (χ4v) is 6.33. The lowest BCUT2D eigenvalue weighted by atomic mass is 10.2. The third kappa shape index (κ3) is 4.68. The number of carbonyl (C=O) groups excluding carboxylic acids is 1. The van der Waals surface area contributed by atoms with E-state index >= 15 is 0 Å². The minimum absolute atomic E-state index is 0.00614. The molecule has 1 aliphatic heterocycles. The van der Waals surface area contributed by atoms with E-state index < -0.39 is 15.7 Å². The Morgan fingerprint density at radius 3 is 2.72 bits per heavy atom. The molecule has 0 unspecified atom stereocenters. The number of pyridine rings is 1. The zero-order valence-corrected chi connectivity index (χ0v) is 19.0. The number of para-hydroxylation sites is 1. The van der Waals surface area contributed by atoms with Gasteiger partial charge < -0.3 is 4.90 Å². The van der Waals surface area contributed by atoms with Crippen LogP contribution in [0.25, 0.3) is 17.1 Å². The van der Waals surface area contributed by atoms with Crippen molar-refractivity contribution in [3.05, 3.63) is 54.6 Å². The molecule has 32 heavy (non-hydrogen) atoms. The van der Waals surface area contributed by atoms with Gasteiger partial charge >= 0.3 is 0 Å². The summed E-state index contributed by atoms with van der Waals surface area (Å²) in [7, 11) is -3.10. The number of nitrogens with zero attached hydrogens (tertiary/aromatic N) is 5. The first-order chi connectivity index (χ1) is 15.4. The second-order valence-corrected chi connectivity index (χ2v) is 10.5. The summed E-state index contributed by atoms with van der Waals surface area (Å²) >= 11 is 1.14. The first-order valence-corrected chi connectivity index (χ1v) is 12.9. The molecule has 0 bridgehead atoms. The Bertz CT molecular complexity index is 1220. The van der Waals surface area contributed by atoms with E-state index in [0.29, 0.717) is 29.5 Å². The number of hydrogen-bond donors (Lipinski definition) is 0. The maximum absolute atomic E-state index is 14.7. The van der Waals surface area contributed by atoms with E-state index in [1.54, 1.807) is 52.2 Å². The van der Waals surface area contributed by atoms with Crippen LogP contribution in [0.4, 0.5) is 4.39 Å². The largest absolute Gasteiger partial charge is 0.338 e. The zero-order valence-electron chi connectivity index (χ0n) is 17.4. The number of carbonyl (C=O) groups is 1. The van der Waals surface area contributed by atoms with Crippen LogP contribution in [0, 0.1) is 5.82 Å². The van der Waals surface area contributed by atoms with Crippen LogP contribution in [0.5, 0.6) is 0 Å². The summed E-state index contributed by atoms with van der Waals surface area (Å²) in [5.74, 6) is -0.0994. The highest BCUT2D eigenvalue weighted by Crippen LogP contribution is 2.29. The van der Waals surface area contributed by atoms with Crippen LogP contribution in [0.15, 0.2) is 53.9 Å². The lowest BCUT2D eigenvalue weighted by Gasteiger charge is -2.26. The fourth-order valence-electron chi connectivity index (χ4n) is 3.76. The van der Waals surface area contributed by atoms with Crippen LogP contribution < -0.4 is 0 Å². The Labute approximate surface area is 189 Å². The average molecular weight is 476 g/mol. The molecule has 1 atom stereocenters. The van der Waals surface area contributed by atoms with Gasteiger partial charge in [-0.3, -0.25) is 14.3 Å². The van der Waals surface area contributed by atoms with Gasteiger partial charge in [0.25, 0.3) is 0 Å². The second-order valence-electron chi connectivity index (χ2n) is 7.36. The van der Waals surface area contributed by atoms with E-state index in [4.69, 9.17) is 0 Å². The molecule has 1 fully saturated rings. The number of sulfone groups is 1. The summed E-state index contributed by atoms with van der Waals surface area (Å²) in [5, 5.41) is 8.79. The molecule has 1 amide bonds. The van der Waals surface area contributed by atoms with Gasteiger partial charge in [-0.1, -0.05) is 23.9 Å². The van der Waals surface area contributed by atoms with Gasteiger partial charge in [-0.25, -0.2) is 12.8 Å². The van der Waals surface area contributed by atoms with E-state index in [2.05, 4.69) is 15.2 Å². The minimum Gasteiger partial charge on any atom is -0.338 e. The van der Waals surface area contributed by atoms with Crippen molar-refractivity contribution in [2.75, 3.05) is 23.8 Å². The second kappa shape index (κ2) is 9.37. The smallest absolute Gasteiger partial charge is 0.233 e. The quantitative estimate of drug-likeness (QED) is 0.485. The SMILES string of the molecule is CCN(C(=O)CSc1nnc(-c2cccnc2)n1-c1ccccc1F)[C@H]1CCS(=O)(=O)C1. The average Bonchev–Trinajstić information content (AvgIpc) is 3.36. The Morgan fingerprint density at radius 2 is 2.06 bits per heavy atom. The lowest BCUT2D eigenvalue weighted by molar-refractivity contribution is -0.129. The normalized spacial score (nSPS) is 17.4. The van der Waals surface area contributed by atoms with Crippen molar-refractivity contribution in [2.45, 2.75) is 24.5 Å². The molecule has 4 rings (SSSR count). The van der Waals surface area contributed by atoms with Gasteiger partial charge in [-0.2, -0.15) is 0 Å². The van der Waals surface area contributed by atoms with Crippen molar-refractivity contribution < 1.29 is 17.6 Å². The summed E-state index contributed by atoms with van der Waals surface area (Å²) in [6, 6.07) is 9.51. The molecule has 1 aromatic carbocycles. The van der Waals surface area contributed by atoms with Crippen LogP contribution in [0.1, 0.15) is 13.3 Å². The van der Waals surface area contributed by atoms with Crippen molar-refractivity contribution in [2.24, 2.45) is 0 Å². The lowest BCUT2D eigenvalue weighted by Crippen LogP contribution is -2.42. The number of halogens is 1. The molecule has 0 aliphatic carbocycles. The Hall–Kier alpha value is -2.79. The summed E-state index contributed by atoms with van der Waals surface area (Å²) in [4.78, 5) is 18.6. The summed E-state index contributed by atoms with van der Waals surface area (Å²) in [5.41, 5.74) is 0.924. The highest BCUT2D eigenvalue weighted by molar-refractivity contribution is 7.99. The number of hydrogen-bond acceptors (Lipinski definition) is 7. The van der Waals surface area contributed by atoms with Crippen LogP contribution in [-0.4, -0.2) is 68.8 Å². The summed E-state index contributed by atoms with van der Waals surface area (Å²) in [6.07, 6.45) is 3.69. The number of thioether (sulfide) groups is 1. The van der Waals surface area contributed by atoms with E-state index in [1.807, 2.05) is 6.92 Å². The van der Waals surface area contributed by atoms with Crippen molar-refractivity contribution in [3.8, 4) is 17.1 Å². The van der Waals surface area contributed by atoms with Crippen LogP contribution in [0.2, 0.25) is 0 Å². The van der Waals surface area contributed by atoms with Gasteiger partial charge in [0.05, 0.1) is 22.9 Å². The zero-order chi connectivity index (χ0) is 22.7. The Kier molecular flexibility index (Phi) is 6.56. The molecule has 11 heteroatoms. The molecule has 0 saturated carbocycles. The number of rotatable bonds is 7. The van der Waals surface area contributed by atoms with Crippen molar-refractivity contribution in [3.63, 3.8) is 0 Å². The van der Waals surface area contributed by atoms with Gasteiger partial charge in [0.15, 0.2) is 20.8 Å². The molecule has 168 valence electrons. The molecular formula is C21H22FN5O3S2. The van der Waals surface area contributed by atoms with Gasteiger partial charge in [0, 0.05) is 30.5 Å². The fraction of sp³-hybridized carbons (Fsp3) is 0.333. The van der Waals surface area contributed by atoms with Gasteiger partial charge in [-0.05, 0) is 37.6 Å². The predicted molar refractivity (Wildman–Crippen MR) is 120 cm³/mol. The van der Waals surface area contributed by atoms with E-state index in [9.17, 15) is 17.6 Å². The first-order valence-electron chi connectivity index (χ1n) is 10.1. The third-order valence-corrected chi connectivity index (χ3v) is 7.95. The highest BCUT2D eigenvalue weighted by Gasteiger charge is 2.34. The predicted octanol–water partition coefficient (Wildman–Crippen LogP) is 2.60. The third-order valence-electron chi connectivity index (χ3n) is 5.28. The summed E-state index contributed by atoms with van der Waals surface area (Å²) < 4.78 is 39.9. The molecule has 2 aromatic heterocycles. The van der Waals surface area contributed by atoms with E-state index in [0.717, 1.165) is 11.8 Å². The molecule has 3 aromatic rings. The maximum atomic E-state index is 14.7. The standard InChI is InChI=1S/C21H22FN5O3S2/c1-2-26(16-9-11-32(29,30)14-16)19(28)13-31-21-25-24-20(15-6-5-10-23-12-15)27(21)18-8-4-3-7-17(18)22/h3-8,10,12,16H,2,9,11,13-14H2,1H3/t16-/m0/s1. The topological polar surface area (TPSA) is 98.1 Å². The molecule has 0 spiro atoms. The van der Waals surface area contributed by atoms with Crippen LogP contribution in [-0.2, 0) is 14.6 Å². The van der Waals surface area contributed by atoms with Gasteiger partial charge in [0.1, 0.15) is 5.82 Å². The van der Waals surface area contributed by atoms with Gasteiger partial charge in [0.2, 0.25) is 5.91 Å². The molecule has 0 radical (unpaired) electrons. The molecule has 8 nitrogen and oxygen atoms in total. The van der Waals surface area contributed by atoms with Crippen LogP contribution >= 0.6 is 11.8 Å². The number of aromatic nitrogens is 4. The maximum Gasteiger partial charge on any atom is 0.233 e.